The molecule has 0 fully saturated rings. The Labute approximate surface area is 109 Å². The van der Waals surface area contributed by atoms with Crippen molar-refractivity contribution in [1.82, 2.24) is 9.97 Å². The SMILES string of the molecule is OCc1cnc(Cc2ccc(Cl)cc2Cl)nc1. The molecule has 0 amide bonds. The number of aromatic nitrogens is 2. The van der Waals surface area contributed by atoms with E-state index in [0.29, 0.717) is 27.9 Å². The van der Waals surface area contributed by atoms with Crippen LogP contribution in [0.4, 0.5) is 0 Å². The zero-order chi connectivity index (χ0) is 12.3. The molecule has 0 unspecified atom stereocenters. The van der Waals surface area contributed by atoms with Crippen LogP contribution in [0.25, 0.3) is 0 Å². The summed E-state index contributed by atoms with van der Waals surface area (Å²) in [7, 11) is 0. The van der Waals surface area contributed by atoms with Gasteiger partial charge in [0, 0.05) is 34.4 Å². The van der Waals surface area contributed by atoms with E-state index in [9.17, 15) is 0 Å². The molecule has 0 aliphatic carbocycles. The summed E-state index contributed by atoms with van der Waals surface area (Å²) in [6.07, 6.45) is 3.75. The lowest BCUT2D eigenvalue weighted by molar-refractivity contribution is 0.280. The van der Waals surface area contributed by atoms with Gasteiger partial charge < -0.3 is 5.11 Å². The molecule has 5 heteroatoms. The largest absolute Gasteiger partial charge is 0.392 e. The Kier molecular flexibility index (Phi) is 3.94. The third-order valence-electron chi connectivity index (χ3n) is 2.31. The highest BCUT2D eigenvalue weighted by Crippen LogP contribution is 2.22. The van der Waals surface area contributed by atoms with Crippen molar-refractivity contribution < 1.29 is 5.11 Å². The fraction of sp³-hybridized carbons (Fsp3) is 0.167. The van der Waals surface area contributed by atoms with Crippen molar-refractivity contribution in [2.24, 2.45) is 0 Å². The number of halogens is 2. The maximum Gasteiger partial charge on any atom is 0.132 e. The molecule has 0 saturated heterocycles. The van der Waals surface area contributed by atoms with Crippen molar-refractivity contribution in [3.05, 3.63) is 57.6 Å². The molecular formula is C12H10Cl2N2O. The number of hydrogen-bond acceptors (Lipinski definition) is 3. The van der Waals surface area contributed by atoms with Gasteiger partial charge in [0.25, 0.3) is 0 Å². The summed E-state index contributed by atoms with van der Waals surface area (Å²) in [5.74, 6) is 0.659. The molecule has 0 radical (unpaired) electrons. The minimum Gasteiger partial charge on any atom is -0.392 e. The van der Waals surface area contributed by atoms with Crippen LogP contribution in [0, 0.1) is 0 Å². The number of aliphatic hydroxyl groups is 1. The Hall–Kier alpha value is -1.16. The first-order valence-electron chi connectivity index (χ1n) is 5.03. The van der Waals surface area contributed by atoms with Gasteiger partial charge in [-0.2, -0.15) is 0 Å². The van der Waals surface area contributed by atoms with Gasteiger partial charge in [0.15, 0.2) is 0 Å². The third kappa shape index (κ3) is 3.16. The lowest BCUT2D eigenvalue weighted by Crippen LogP contribution is -1.98. The summed E-state index contributed by atoms with van der Waals surface area (Å²) in [5.41, 5.74) is 1.61. The molecule has 2 aromatic rings. The summed E-state index contributed by atoms with van der Waals surface area (Å²) in [4.78, 5) is 8.29. The van der Waals surface area contributed by atoms with E-state index in [-0.39, 0.29) is 6.61 Å². The second kappa shape index (κ2) is 5.45. The maximum absolute atomic E-state index is 8.88. The van der Waals surface area contributed by atoms with Crippen molar-refractivity contribution in [1.29, 1.82) is 0 Å². The topological polar surface area (TPSA) is 46.0 Å². The van der Waals surface area contributed by atoms with E-state index in [1.807, 2.05) is 6.07 Å². The number of benzene rings is 1. The van der Waals surface area contributed by atoms with Crippen LogP contribution in [-0.2, 0) is 13.0 Å². The van der Waals surface area contributed by atoms with E-state index in [0.717, 1.165) is 5.56 Å². The quantitative estimate of drug-likeness (QED) is 0.931. The van der Waals surface area contributed by atoms with E-state index in [4.69, 9.17) is 28.3 Å². The lowest BCUT2D eigenvalue weighted by Gasteiger charge is -2.04. The third-order valence-corrected chi connectivity index (χ3v) is 2.89. The van der Waals surface area contributed by atoms with Crippen molar-refractivity contribution in [3.63, 3.8) is 0 Å². The second-order valence-electron chi connectivity index (χ2n) is 3.58. The summed E-state index contributed by atoms with van der Waals surface area (Å²) >= 11 is 11.9. The molecular weight excluding hydrogens is 259 g/mol. The maximum atomic E-state index is 8.88. The minimum atomic E-state index is -0.0536. The molecule has 0 aliphatic heterocycles. The van der Waals surface area contributed by atoms with Gasteiger partial charge >= 0.3 is 0 Å². The normalized spacial score (nSPS) is 10.5. The molecule has 1 N–H and O–H groups in total. The zero-order valence-electron chi connectivity index (χ0n) is 8.90. The highest BCUT2D eigenvalue weighted by Gasteiger charge is 2.04. The zero-order valence-corrected chi connectivity index (χ0v) is 10.4. The van der Waals surface area contributed by atoms with E-state index < -0.39 is 0 Å². The molecule has 0 aliphatic rings. The summed E-state index contributed by atoms with van der Waals surface area (Å²) in [6, 6.07) is 5.33. The fourth-order valence-electron chi connectivity index (χ4n) is 1.39. The van der Waals surface area contributed by atoms with Crippen LogP contribution in [0.2, 0.25) is 10.0 Å². The first-order chi connectivity index (χ1) is 8.19. The predicted molar refractivity (Wildman–Crippen MR) is 67.2 cm³/mol. The smallest absolute Gasteiger partial charge is 0.132 e. The molecule has 2 rings (SSSR count). The second-order valence-corrected chi connectivity index (χ2v) is 4.42. The number of nitrogens with zero attached hydrogens (tertiary/aromatic N) is 2. The van der Waals surface area contributed by atoms with Crippen molar-refractivity contribution >= 4 is 23.2 Å². The number of hydrogen-bond donors (Lipinski definition) is 1. The summed E-state index contributed by atoms with van der Waals surface area (Å²) < 4.78 is 0. The number of rotatable bonds is 3. The Bertz CT molecular complexity index is 514. The standard InChI is InChI=1S/C12H10Cl2N2O/c13-10-2-1-9(11(14)4-10)3-12-15-5-8(7-17)6-16-12/h1-2,4-6,17H,3,7H2. The van der Waals surface area contributed by atoms with Crippen LogP contribution in [0.1, 0.15) is 17.0 Å². The van der Waals surface area contributed by atoms with E-state index in [2.05, 4.69) is 9.97 Å². The predicted octanol–water partition coefficient (Wildman–Crippen LogP) is 2.87. The lowest BCUT2D eigenvalue weighted by atomic mass is 10.1. The van der Waals surface area contributed by atoms with Gasteiger partial charge in [0.1, 0.15) is 5.82 Å². The van der Waals surface area contributed by atoms with Gasteiger partial charge in [-0.1, -0.05) is 29.3 Å². The van der Waals surface area contributed by atoms with Crippen molar-refractivity contribution in [3.8, 4) is 0 Å². The van der Waals surface area contributed by atoms with Crippen LogP contribution in [-0.4, -0.2) is 15.1 Å². The molecule has 1 aromatic carbocycles. The van der Waals surface area contributed by atoms with Crippen LogP contribution < -0.4 is 0 Å². The molecule has 0 spiro atoms. The Morgan fingerprint density at radius 2 is 1.82 bits per heavy atom. The summed E-state index contributed by atoms with van der Waals surface area (Å²) in [6.45, 7) is -0.0536. The average Bonchev–Trinajstić information content (AvgIpc) is 2.34. The number of aliphatic hydroxyl groups excluding tert-OH is 1. The molecule has 0 atom stereocenters. The molecule has 1 aromatic heterocycles. The van der Waals surface area contributed by atoms with Gasteiger partial charge in [-0.05, 0) is 17.7 Å². The van der Waals surface area contributed by atoms with Crippen LogP contribution in [0.5, 0.6) is 0 Å². The fourth-order valence-corrected chi connectivity index (χ4v) is 1.87. The molecule has 0 saturated carbocycles. The van der Waals surface area contributed by atoms with Gasteiger partial charge in [0.05, 0.1) is 6.61 Å². The monoisotopic (exact) mass is 268 g/mol. The minimum absolute atomic E-state index is 0.0536. The van der Waals surface area contributed by atoms with Gasteiger partial charge in [-0.3, -0.25) is 0 Å². The molecule has 3 nitrogen and oxygen atoms in total. The van der Waals surface area contributed by atoms with E-state index >= 15 is 0 Å². The van der Waals surface area contributed by atoms with Gasteiger partial charge in [-0.25, -0.2) is 9.97 Å². The highest BCUT2D eigenvalue weighted by atomic mass is 35.5. The highest BCUT2D eigenvalue weighted by molar-refractivity contribution is 6.35. The van der Waals surface area contributed by atoms with Crippen molar-refractivity contribution in [2.75, 3.05) is 0 Å². The molecule has 88 valence electrons. The first-order valence-corrected chi connectivity index (χ1v) is 5.79. The van der Waals surface area contributed by atoms with Crippen LogP contribution in [0.15, 0.2) is 30.6 Å². The molecule has 1 heterocycles. The Balaban J connectivity index is 2.19. The average molecular weight is 269 g/mol. The Morgan fingerprint density at radius 1 is 1.12 bits per heavy atom. The molecule has 0 bridgehead atoms. The first kappa shape index (κ1) is 12.3. The van der Waals surface area contributed by atoms with Gasteiger partial charge in [0.2, 0.25) is 0 Å². The van der Waals surface area contributed by atoms with Gasteiger partial charge in [-0.15, -0.1) is 0 Å². The van der Waals surface area contributed by atoms with Crippen LogP contribution >= 0.6 is 23.2 Å². The Morgan fingerprint density at radius 3 is 2.41 bits per heavy atom. The van der Waals surface area contributed by atoms with Crippen molar-refractivity contribution in [2.45, 2.75) is 13.0 Å². The van der Waals surface area contributed by atoms with E-state index in [1.165, 1.54) is 0 Å². The molecule has 17 heavy (non-hydrogen) atoms. The summed E-state index contributed by atoms with van der Waals surface area (Å²) in [5, 5.41) is 10.1. The van der Waals surface area contributed by atoms with E-state index in [1.54, 1.807) is 24.5 Å². The van der Waals surface area contributed by atoms with Crippen LogP contribution in [0.3, 0.4) is 0 Å².